The lowest BCUT2D eigenvalue weighted by Gasteiger charge is -2.17. The molecule has 4 aromatic carbocycles. The fourth-order valence-corrected chi connectivity index (χ4v) is 3.85. The van der Waals surface area contributed by atoms with Crippen LogP contribution < -0.4 is 0 Å². The van der Waals surface area contributed by atoms with Gasteiger partial charge in [0.05, 0.1) is 0 Å². The van der Waals surface area contributed by atoms with E-state index in [1.807, 2.05) is 12.4 Å². The van der Waals surface area contributed by atoms with Crippen LogP contribution in [0.15, 0.2) is 103 Å². The topological polar surface area (TPSA) is 12.9 Å². The molecule has 0 aliphatic heterocycles. The van der Waals surface area contributed by atoms with Crippen LogP contribution in [0.3, 0.4) is 0 Å². The lowest BCUT2D eigenvalue weighted by atomic mass is 9.87. The molecule has 0 fully saturated rings. The van der Waals surface area contributed by atoms with Crippen molar-refractivity contribution < 1.29 is 0 Å². The maximum absolute atomic E-state index is 4.44. The van der Waals surface area contributed by atoms with Crippen molar-refractivity contribution in [3.63, 3.8) is 0 Å². The van der Waals surface area contributed by atoms with Crippen LogP contribution in [0.5, 0.6) is 0 Å². The van der Waals surface area contributed by atoms with Crippen molar-refractivity contribution in [1.29, 1.82) is 0 Å². The molecule has 0 saturated heterocycles. The van der Waals surface area contributed by atoms with Gasteiger partial charge in [0.1, 0.15) is 0 Å². The van der Waals surface area contributed by atoms with Gasteiger partial charge < -0.3 is 0 Å². The predicted octanol–water partition coefficient (Wildman–Crippen LogP) is 6.72. The zero-order valence-electron chi connectivity index (χ0n) is 14.3. The second-order valence-electron chi connectivity index (χ2n) is 6.45. The number of hydrogen-bond donors (Lipinski definition) is 0. The minimum atomic E-state index is 1.19. The molecule has 0 aliphatic carbocycles. The highest BCUT2D eigenvalue weighted by Crippen LogP contribution is 2.42. The van der Waals surface area contributed by atoms with Crippen LogP contribution in [0.2, 0.25) is 0 Å². The molecule has 0 amide bonds. The molecule has 1 nitrogen and oxygen atoms in total. The first-order chi connectivity index (χ1) is 12.9. The molecule has 5 rings (SSSR count). The summed E-state index contributed by atoms with van der Waals surface area (Å²) in [7, 11) is 0. The maximum Gasteiger partial charge on any atom is 0.0353 e. The van der Waals surface area contributed by atoms with E-state index in [1.165, 1.54) is 43.8 Å². The van der Waals surface area contributed by atoms with Crippen LogP contribution >= 0.6 is 0 Å². The zero-order chi connectivity index (χ0) is 17.3. The lowest BCUT2D eigenvalue weighted by Crippen LogP contribution is -1.91. The van der Waals surface area contributed by atoms with Crippen molar-refractivity contribution >= 4 is 21.5 Å². The van der Waals surface area contributed by atoms with Gasteiger partial charge in [-0.2, -0.15) is 0 Å². The Morgan fingerprint density at radius 1 is 0.423 bits per heavy atom. The van der Waals surface area contributed by atoms with Gasteiger partial charge >= 0.3 is 0 Å². The molecule has 0 radical (unpaired) electrons. The normalized spacial score (nSPS) is 11.1. The predicted molar refractivity (Wildman–Crippen MR) is 110 cm³/mol. The molecule has 0 spiro atoms. The van der Waals surface area contributed by atoms with Crippen LogP contribution in [0.4, 0.5) is 0 Å². The number of aromatic nitrogens is 1. The molecule has 5 aromatic rings. The largest absolute Gasteiger partial charge is 0.264 e. The van der Waals surface area contributed by atoms with Crippen molar-refractivity contribution in [2.75, 3.05) is 0 Å². The molecule has 26 heavy (non-hydrogen) atoms. The fourth-order valence-electron chi connectivity index (χ4n) is 3.85. The van der Waals surface area contributed by atoms with Gasteiger partial charge in [-0.1, -0.05) is 84.9 Å². The average Bonchev–Trinajstić information content (AvgIpc) is 2.73. The summed E-state index contributed by atoms with van der Waals surface area (Å²) in [6.07, 6.45) is 3.88. The van der Waals surface area contributed by atoms with Crippen molar-refractivity contribution in [3.05, 3.63) is 103 Å². The minimum absolute atomic E-state index is 1.19. The zero-order valence-corrected chi connectivity index (χ0v) is 14.3. The number of fused-ring (bicyclic) bond motifs is 2. The first-order valence-electron chi connectivity index (χ1n) is 8.83. The molecule has 0 atom stereocenters. The van der Waals surface area contributed by atoms with Crippen molar-refractivity contribution in [3.8, 4) is 22.3 Å². The SMILES string of the molecule is c1ccc(-c2c3ccccc3c(-c3ccccc3)c3cnccc23)cc1. The summed E-state index contributed by atoms with van der Waals surface area (Å²) < 4.78 is 0. The monoisotopic (exact) mass is 331 g/mol. The molecule has 0 saturated carbocycles. The lowest BCUT2D eigenvalue weighted by molar-refractivity contribution is 1.37. The van der Waals surface area contributed by atoms with E-state index in [-0.39, 0.29) is 0 Å². The average molecular weight is 331 g/mol. The van der Waals surface area contributed by atoms with E-state index in [0.29, 0.717) is 0 Å². The Bertz CT molecular complexity index is 1050. The first kappa shape index (κ1) is 14.9. The Labute approximate surface area is 152 Å². The summed E-state index contributed by atoms with van der Waals surface area (Å²) in [4.78, 5) is 4.44. The standard InChI is InChI=1S/C25H17N/c1-3-9-18(10-4-1)24-20-13-7-8-14-21(20)25(19-11-5-2-6-12-19)23-17-26-16-15-22(23)24/h1-17H. The second kappa shape index (κ2) is 6.12. The Morgan fingerprint density at radius 2 is 0.885 bits per heavy atom. The molecular weight excluding hydrogens is 314 g/mol. The number of pyridine rings is 1. The highest BCUT2D eigenvalue weighted by atomic mass is 14.6. The molecule has 1 heterocycles. The highest BCUT2D eigenvalue weighted by molar-refractivity contribution is 6.21. The molecule has 0 N–H and O–H groups in total. The van der Waals surface area contributed by atoms with Gasteiger partial charge in [-0.05, 0) is 44.5 Å². The Hall–Kier alpha value is -3.45. The fraction of sp³-hybridized carbons (Fsp3) is 0. The van der Waals surface area contributed by atoms with Crippen molar-refractivity contribution in [2.24, 2.45) is 0 Å². The van der Waals surface area contributed by atoms with Gasteiger partial charge in [-0.15, -0.1) is 0 Å². The summed E-state index contributed by atoms with van der Waals surface area (Å²) >= 11 is 0. The summed E-state index contributed by atoms with van der Waals surface area (Å²) in [5, 5.41) is 4.97. The Balaban J connectivity index is 2.02. The molecule has 0 aliphatic rings. The van der Waals surface area contributed by atoms with E-state index < -0.39 is 0 Å². The van der Waals surface area contributed by atoms with Gasteiger partial charge in [-0.25, -0.2) is 0 Å². The van der Waals surface area contributed by atoms with Gasteiger partial charge in [0, 0.05) is 17.8 Å². The third kappa shape index (κ3) is 2.29. The smallest absolute Gasteiger partial charge is 0.0353 e. The van der Waals surface area contributed by atoms with Gasteiger partial charge in [-0.3, -0.25) is 4.98 Å². The van der Waals surface area contributed by atoms with Gasteiger partial charge in [0.2, 0.25) is 0 Å². The second-order valence-corrected chi connectivity index (χ2v) is 6.45. The highest BCUT2D eigenvalue weighted by Gasteiger charge is 2.15. The molecule has 122 valence electrons. The van der Waals surface area contributed by atoms with E-state index >= 15 is 0 Å². The summed E-state index contributed by atoms with van der Waals surface area (Å²) in [5.74, 6) is 0. The maximum atomic E-state index is 4.44. The van der Waals surface area contributed by atoms with Gasteiger partial charge in [0.15, 0.2) is 0 Å². The third-order valence-corrected chi connectivity index (χ3v) is 4.95. The van der Waals surface area contributed by atoms with Crippen LogP contribution in [-0.4, -0.2) is 4.98 Å². The summed E-state index contributed by atoms with van der Waals surface area (Å²) in [6.45, 7) is 0. The number of benzene rings is 4. The van der Waals surface area contributed by atoms with Crippen LogP contribution in [-0.2, 0) is 0 Å². The Morgan fingerprint density at radius 3 is 1.46 bits per heavy atom. The quantitative estimate of drug-likeness (QED) is 0.327. The van der Waals surface area contributed by atoms with E-state index in [0.717, 1.165) is 0 Å². The molecular formula is C25H17N. The van der Waals surface area contributed by atoms with E-state index in [1.54, 1.807) is 0 Å². The Kier molecular flexibility index (Phi) is 3.50. The molecule has 0 unspecified atom stereocenters. The summed E-state index contributed by atoms with van der Waals surface area (Å²) in [6, 6.07) is 32.1. The molecule has 1 aromatic heterocycles. The first-order valence-corrected chi connectivity index (χ1v) is 8.83. The molecule has 0 bridgehead atoms. The van der Waals surface area contributed by atoms with Crippen LogP contribution in [0, 0.1) is 0 Å². The van der Waals surface area contributed by atoms with Crippen molar-refractivity contribution in [1.82, 2.24) is 4.98 Å². The molecule has 1 heteroatoms. The minimum Gasteiger partial charge on any atom is -0.264 e. The summed E-state index contributed by atoms with van der Waals surface area (Å²) in [5.41, 5.74) is 4.99. The van der Waals surface area contributed by atoms with Crippen molar-refractivity contribution in [2.45, 2.75) is 0 Å². The number of hydrogen-bond acceptors (Lipinski definition) is 1. The van der Waals surface area contributed by atoms with Gasteiger partial charge in [0.25, 0.3) is 0 Å². The van der Waals surface area contributed by atoms with Crippen LogP contribution in [0.25, 0.3) is 43.8 Å². The van der Waals surface area contributed by atoms with E-state index in [2.05, 4.69) is 96.0 Å². The van der Waals surface area contributed by atoms with E-state index in [4.69, 9.17) is 0 Å². The number of nitrogens with zero attached hydrogens (tertiary/aromatic N) is 1. The third-order valence-electron chi connectivity index (χ3n) is 4.95. The van der Waals surface area contributed by atoms with Crippen LogP contribution in [0.1, 0.15) is 0 Å². The number of rotatable bonds is 2. The van der Waals surface area contributed by atoms with E-state index in [9.17, 15) is 0 Å².